The molecule has 0 saturated carbocycles. The first-order valence-corrected chi connectivity index (χ1v) is 5.08. The lowest BCUT2D eigenvalue weighted by atomic mass is 10.3. The lowest BCUT2D eigenvalue weighted by molar-refractivity contribution is 0.0948. The van der Waals surface area contributed by atoms with Gasteiger partial charge in [0.2, 0.25) is 0 Å². The van der Waals surface area contributed by atoms with Crippen molar-refractivity contribution in [2.45, 2.75) is 19.9 Å². The van der Waals surface area contributed by atoms with Gasteiger partial charge in [-0.05, 0) is 20.9 Å². The van der Waals surface area contributed by atoms with Crippen molar-refractivity contribution in [1.29, 1.82) is 0 Å². The van der Waals surface area contributed by atoms with E-state index in [9.17, 15) is 4.79 Å². The Balaban J connectivity index is 2.24. The SMILES string of the molecule is CC(C)N(C)CCNC(=O)c1cn[nH]c1. The summed E-state index contributed by atoms with van der Waals surface area (Å²) in [6, 6.07) is 0.496. The van der Waals surface area contributed by atoms with Gasteiger partial charge < -0.3 is 10.2 Å². The summed E-state index contributed by atoms with van der Waals surface area (Å²) in [4.78, 5) is 13.6. The van der Waals surface area contributed by atoms with Crippen LogP contribution in [0, 0.1) is 0 Å². The molecule has 0 fully saturated rings. The average Bonchev–Trinajstić information content (AvgIpc) is 2.70. The van der Waals surface area contributed by atoms with Gasteiger partial charge in [-0.25, -0.2) is 0 Å². The number of hydrogen-bond acceptors (Lipinski definition) is 3. The predicted molar refractivity (Wildman–Crippen MR) is 58.7 cm³/mol. The Morgan fingerprint density at radius 1 is 1.67 bits per heavy atom. The van der Waals surface area contributed by atoms with E-state index >= 15 is 0 Å². The van der Waals surface area contributed by atoms with Crippen LogP contribution < -0.4 is 5.32 Å². The zero-order chi connectivity index (χ0) is 11.3. The van der Waals surface area contributed by atoms with Gasteiger partial charge in [0.05, 0.1) is 11.8 Å². The number of rotatable bonds is 5. The number of amides is 1. The van der Waals surface area contributed by atoms with Crippen LogP contribution in [-0.2, 0) is 0 Å². The number of hydrogen-bond donors (Lipinski definition) is 2. The number of nitrogens with one attached hydrogen (secondary N) is 2. The Morgan fingerprint density at radius 3 is 2.93 bits per heavy atom. The maximum Gasteiger partial charge on any atom is 0.254 e. The summed E-state index contributed by atoms with van der Waals surface area (Å²) in [6.07, 6.45) is 3.10. The molecule has 0 spiro atoms. The summed E-state index contributed by atoms with van der Waals surface area (Å²) in [5, 5.41) is 9.16. The molecule has 0 unspecified atom stereocenters. The van der Waals surface area contributed by atoms with Crippen LogP contribution in [0.3, 0.4) is 0 Å². The summed E-state index contributed by atoms with van der Waals surface area (Å²) < 4.78 is 0. The van der Waals surface area contributed by atoms with E-state index in [-0.39, 0.29) is 5.91 Å². The van der Waals surface area contributed by atoms with Crippen LogP contribution in [0.25, 0.3) is 0 Å². The molecule has 84 valence electrons. The first-order valence-electron chi connectivity index (χ1n) is 5.08. The molecule has 0 radical (unpaired) electrons. The molecule has 1 amide bonds. The Bertz CT molecular complexity index is 294. The summed E-state index contributed by atoms with van der Waals surface area (Å²) in [5.41, 5.74) is 0.571. The molecule has 15 heavy (non-hydrogen) atoms. The van der Waals surface area contributed by atoms with Crippen LogP contribution in [-0.4, -0.2) is 47.2 Å². The number of carbonyl (C=O) groups is 1. The Labute approximate surface area is 89.9 Å². The van der Waals surface area contributed by atoms with E-state index in [4.69, 9.17) is 0 Å². The number of likely N-dealkylation sites (N-methyl/N-ethyl adjacent to an activating group) is 1. The van der Waals surface area contributed by atoms with Gasteiger partial charge in [-0.15, -0.1) is 0 Å². The molecule has 1 aromatic heterocycles. The van der Waals surface area contributed by atoms with E-state index in [0.717, 1.165) is 6.54 Å². The summed E-state index contributed by atoms with van der Waals surface area (Å²) in [5.74, 6) is -0.0825. The average molecular weight is 210 g/mol. The molecule has 1 heterocycles. The number of aromatic amines is 1. The smallest absolute Gasteiger partial charge is 0.254 e. The van der Waals surface area contributed by atoms with Gasteiger partial charge in [0.25, 0.3) is 5.91 Å². The minimum absolute atomic E-state index is 0.0825. The van der Waals surface area contributed by atoms with Crippen LogP contribution >= 0.6 is 0 Å². The molecule has 5 nitrogen and oxygen atoms in total. The van der Waals surface area contributed by atoms with E-state index in [2.05, 4.69) is 34.3 Å². The zero-order valence-corrected chi connectivity index (χ0v) is 9.45. The number of carbonyl (C=O) groups excluding carboxylic acids is 1. The highest BCUT2D eigenvalue weighted by molar-refractivity contribution is 5.93. The third-order valence-electron chi connectivity index (χ3n) is 2.39. The number of H-pyrrole nitrogens is 1. The van der Waals surface area contributed by atoms with Crippen molar-refractivity contribution in [3.63, 3.8) is 0 Å². The molecule has 0 saturated heterocycles. The maximum absolute atomic E-state index is 11.5. The van der Waals surface area contributed by atoms with Gasteiger partial charge in [-0.1, -0.05) is 0 Å². The van der Waals surface area contributed by atoms with Crippen LogP contribution in [0.4, 0.5) is 0 Å². The lowest BCUT2D eigenvalue weighted by Gasteiger charge is -2.20. The molecule has 1 rings (SSSR count). The summed E-state index contributed by atoms with van der Waals surface area (Å²) in [7, 11) is 2.04. The molecule has 1 aromatic rings. The van der Waals surface area contributed by atoms with Crippen molar-refractivity contribution in [2.75, 3.05) is 20.1 Å². The highest BCUT2D eigenvalue weighted by Crippen LogP contribution is 1.94. The number of aromatic nitrogens is 2. The van der Waals surface area contributed by atoms with E-state index in [1.54, 1.807) is 6.20 Å². The quantitative estimate of drug-likeness (QED) is 0.743. The van der Waals surface area contributed by atoms with E-state index in [1.165, 1.54) is 6.20 Å². The van der Waals surface area contributed by atoms with Crippen molar-refractivity contribution in [1.82, 2.24) is 20.4 Å². The molecular weight excluding hydrogens is 192 g/mol. The van der Waals surface area contributed by atoms with E-state index < -0.39 is 0 Å². The van der Waals surface area contributed by atoms with Crippen molar-refractivity contribution in [2.24, 2.45) is 0 Å². The zero-order valence-electron chi connectivity index (χ0n) is 9.45. The van der Waals surface area contributed by atoms with Gasteiger partial charge in [0.15, 0.2) is 0 Å². The largest absolute Gasteiger partial charge is 0.351 e. The molecule has 2 N–H and O–H groups in total. The van der Waals surface area contributed by atoms with Gasteiger partial charge in [-0.2, -0.15) is 5.10 Å². The predicted octanol–water partition coefficient (Wildman–Crippen LogP) is 0.480. The molecule has 0 aliphatic rings. The second kappa shape index (κ2) is 5.50. The fraction of sp³-hybridized carbons (Fsp3) is 0.600. The second-order valence-electron chi connectivity index (χ2n) is 3.82. The maximum atomic E-state index is 11.5. The van der Waals surface area contributed by atoms with Crippen LogP contribution in [0.1, 0.15) is 24.2 Å². The van der Waals surface area contributed by atoms with Crippen LogP contribution in [0.15, 0.2) is 12.4 Å². The molecule has 0 bridgehead atoms. The van der Waals surface area contributed by atoms with E-state index in [1.807, 2.05) is 7.05 Å². The van der Waals surface area contributed by atoms with Crippen LogP contribution in [0.2, 0.25) is 0 Å². The molecule has 0 atom stereocenters. The van der Waals surface area contributed by atoms with E-state index in [0.29, 0.717) is 18.2 Å². The van der Waals surface area contributed by atoms with Gasteiger partial charge in [0.1, 0.15) is 0 Å². The monoisotopic (exact) mass is 210 g/mol. The molecule has 0 aliphatic carbocycles. The van der Waals surface area contributed by atoms with Crippen LogP contribution in [0.5, 0.6) is 0 Å². The Hall–Kier alpha value is -1.36. The molecule has 5 heteroatoms. The fourth-order valence-electron chi connectivity index (χ4n) is 1.08. The Morgan fingerprint density at radius 2 is 2.40 bits per heavy atom. The topological polar surface area (TPSA) is 61.0 Å². The van der Waals surface area contributed by atoms with Gasteiger partial charge in [-0.3, -0.25) is 9.89 Å². The van der Waals surface area contributed by atoms with Crippen molar-refractivity contribution >= 4 is 5.91 Å². The first kappa shape index (κ1) is 11.7. The summed E-state index contributed by atoms with van der Waals surface area (Å²) >= 11 is 0. The second-order valence-corrected chi connectivity index (χ2v) is 3.82. The minimum atomic E-state index is -0.0825. The molecule has 0 aromatic carbocycles. The highest BCUT2D eigenvalue weighted by Gasteiger charge is 2.07. The normalized spacial score (nSPS) is 11.0. The van der Waals surface area contributed by atoms with Crippen molar-refractivity contribution in [3.8, 4) is 0 Å². The highest BCUT2D eigenvalue weighted by atomic mass is 16.1. The van der Waals surface area contributed by atoms with Crippen molar-refractivity contribution < 1.29 is 4.79 Å². The van der Waals surface area contributed by atoms with Gasteiger partial charge in [0, 0.05) is 25.3 Å². The number of nitrogens with zero attached hydrogens (tertiary/aromatic N) is 2. The standard InChI is InChI=1S/C10H18N4O/c1-8(2)14(3)5-4-11-10(15)9-6-12-13-7-9/h6-8H,4-5H2,1-3H3,(H,11,15)(H,12,13). The first-order chi connectivity index (χ1) is 7.11. The molecular formula is C10H18N4O. The summed E-state index contributed by atoms with van der Waals surface area (Å²) in [6.45, 7) is 5.75. The van der Waals surface area contributed by atoms with Gasteiger partial charge >= 0.3 is 0 Å². The van der Waals surface area contributed by atoms with Crippen molar-refractivity contribution in [3.05, 3.63) is 18.0 Å². The third kappa shape index (κ3) is 3.71. The third-order valence-corrected chi connectivity index (χ3v) is 2.39. The lowest BCUT2D eigenvalue weighted by Crippen LogP contribution is -2.36. The Kier molecular flexibility index (Phi) is 4.30. The minimum Gasteiger partial charge on any atom is -0.351 e. The molecule has 0 aliphatic heterocycles. The fourth-order valence-corrected chi connectivity index (χ4v) is 1.08.